The average molecular weight is 346 g/mol. The first-order valence-electron chi connectivity index (χ1n) is 9.66. The molecule has 1 saturated heterocycles. The maximum atomic E-state index is 13.2. The molecule has 0 N–H and O–H groups in total. The fourth-order valence-electron chi connectivity index (χ4n) is 3.79. The fourth-order valence-corrected chi connectivity index (χ4v) is 3.79. The van der Waals surface area contributed by atoms with Crippen molar-refractivity contribution < 1.29 is 14.0 Å². The van der Waals surface area contributed by atoms with Gasteiger partial charge in [-0.2, -0.15) is 0 Å². The summed E-state index contributed by atoms with van der Waals surface area (Å²) >= 11 is 0. The van der Waals surface area contributed by atoms with Crippen LogP contribution in [0.1, 0.15) is 63.2 Å². The summed E-state index contributed by atoms with van der Waals surface area (Å²) in [6, 6.07) is 2.44. The van der Waals surface area contributed by atoms with Gasteiger partial charge in [0.25, 0.3) is 5.91 Å². The summed E-state index contributed by atoms with van der Waals surface area (Å²) in [5, 5.41) is 0. The van der Waals surface area contributed by atoms with E-state index in [2.05, 4.69) is 25.7 Å². The number of carbonyl (C=O) groups excluding carboxylic acids is 2. The van der Waals surface area contributed by atoms with Gasteiger partial charge in [-0.15, -0.1) is 0 Å². The summed E-state index contributed by atoms with van der Waals surface area (Å²) in [6.07, 6.45) is 7.91. The predicted octanol–water partition coefficient (Wildman–Crippen LogP) is 3.56. The summed E-state index contributed by atoms with van der Waals surface area (Å²) in [5.74, 6) is 0.894. The Morgan fingerprint density at radius 1 is 1.24 bits per heavy atom. The van der Waals surface area contributed by atoms with Crippen LogP contribution in [-0.4, -0.2) is 46.8 Å². The topological polar surface area (TPSA) is 53.8 Å². The molecule has 1 aliphatic heterocycles. The fraction of sp³-hybridized carbons (Fsp3) is 0.700. The zero-order chi connectivity index (χ0) is 18.0. The van der Waals surface area contributed by atoms with Gasteiger partial charge >= 0.3 is 0 Å². The Morgan fingerprint density at radius 3 is 2.44 bits per heavy atom. The third-order valence-corrected chi connectivity index (χ3v) is 6.00. The number of nitrogens with zero attached hydrogens (tertiary/aromatic N) is 2. The van der Waals surface area contributed by atoms with Crippen LogP contribution in [-0.2, 0) is 4.79 Å². The number of amides is 2. The van der Waals surface area contributed by atoms with Crippen molar-refractivity contribution in [2.24, 2.45) is 11.8 Å². The molecule has 138 valence electrons. The molecule has 1 aromatic heterocycles. The van der Waals surface area contributed by atoms with Crippen LogP contribution in [0.3, 0.4) is 0 Å². The number of furan rings is 1. The van der Waals surface area contributed by atoms with Gasteiger partial charge in [0.05, 0.1) is 11.8 Å². The summed E-state index contributed by atoms with van der Waals surface area (Å²) in [6.45, 7) is 7.92. The van der Waals surface area contributed by atoms with Crippen molar-refractivity contribution in [2.45, 2.75) is 65.0 Å². The summed E-state index contributed by atoms with van der Waals surface area (Å²) in [7, 11) is 0. The van der Waals surface area contributed by atoms with Crippen molar-refractivity contribution in [3.8, 4) is 0 Å². The van der Waals surface area contributed by atoms with Crippen LogP contribution in [0, 0.1) is 11.8 Å². The van der Waals surface area contributed by atoms with Gasteiger partial charge < -0.3 is 14.2 Å². The van der Waals surface area contributed by atoms with Crippen molar-refractivity contribution >= 4 is 11.8 Å². The quantitative estimate of drug-likeness (QED) is 0.791. The van der Waals surface area contributed by atoms with E-state index in [9.17, 15) is 9.59 Å². The minimum atomic E-state index is 0.00618. The Hall–Kier alpha value is -1.78. The Labute approximate surface area is 150 Å². The van der Waals surface area contributed by atoms with Crippen LogP contribution in [0.15, 0.2) is 23.0 Å². The van der Waals surface area contributed by atoms with E-state index >= 15 is 0 Å². The van der Waals surface area contributed by atoms with E-state index in [1.807, 2.05) is 4.90 Å². The molecule has 1 saturated carbocycles. The molecule has 0 spiro atoms. The second kappa shape index (κ2) is 7.63. The zero-order valence-electron chi connectivity index (χ0n) is 15.6. The number of piperidine rings is 1. The largest absolute Gasteiger partial charge is 0.472 e. The van der Waals surface area contributed by atoms with E-state index in [4.69, 9.17) is 4.42 Å². The molecular weight excluding hydrogens is 316 g/mol. The molecule has 0 aromatic carbocycles. The van der Waals surface area contributed by atoms with Gasteiger partial charge in [-0.3, -0.25) is 9.59 Å². The summed E-state index contributed by atoms with van der Waals surface area (Å²) < 4.78 is 5.00. The maximum absolute atomic E-state index is 13.2. The third-order valence-electron chi connectivity index (χ3n) is 6.00. The Balaban J connectivity index is 1.59. The van der Waals surface area contributed by atoms with Crippen molar-refractivity contribution in [2.75, 3.05) is 13.1 Å². The molecule has 2 heterocycles. The second-order valence-electron chi connectivity index (χ2n) is 7.68. The van der Waals surface area contributed by atoms with Crippen LogP contribution in [0.4, 0.5) is 0 Å². The molecule has 1 aliphatic carbocycles. The number of hydrogen-bond acceptors (Lipinski definition) is 3. The molecule has 0 bridgehead atoms. The van der Waals surface area contributed by atoms with Gasteiger partial charge in [-0.05, 0) is 44.6 Å². The molecule has 2 aliphatic rings. The highest BCUT2D eigenvalue weighted by molar-refractivity contribution is 5.94. The first-order chi connectivity index (χ1) is 12.0. The zero-order valence-corrected chi connectivity index (χ0v) is 15.6. The number of hydrogen-bond donors (Lipinski definition) is 0. The molecule has 25 heavy (non-hydrogen) atoms. The lowest BCUT2D eigenvalue weighted by atomic mass is 9.92. The predicted molar refractivity (Wildman–Crippen MR) is 96.1 cm³/mol. The molecule has 3 rings (SSSR count). The van der Waals surface area contributed by atoms with Gasteiger partial charge in [0.1, 0.15) is 6.26 Å². The van der Waals surface area contributed by atoms with E-state index in [-0.39, 0.29) is 11.8 Å². The first kappa shape index (κ1) is 18.0. The lowest BCUT2D eigenvalue weighted by Gasteiger charge is -2.38. The van der Waals surface area contributed by atoms with Gasteiger partial charge in [0.15, 0.2) is 0 Å². The molecule has 0 radical (unpaired) electrons. The third kappa shape index (κ3) is 3.91. The molecule has 2 atom stereocenters. The lowest BCUT2D eigenvalue weighted by molar-refractivity contribution is -0.140. The SMILES string of the molecule is CC[C@H](C)[C@@H](C)N(C(=O)C1CCN(C(=O)c2ccoc2)CC1)C1CC1. The van der Waals surface area contributed by atoms with Crippen molar-refractivity contribution in [1.29, 1.82) is 0 Å². The Morgan fingerprint density at radius 2 is 1.92 bits per heavy atom. The monoisotopic (exact) mass is 346 g/mol. The molecule has 2 fully saturated rings. The summed E-state index contributed by atoms with van der Waals surface area (Å²) in [5.41, 5.74) is 0.592. The van der Waals surface area contributed by atoms with Gasteiger partial charge in [0.2, 0.25) is 5.91 Å². The smallest absolute Gasteiger partial charge is 0.257 e. The van der Waals surface area contributed by atoms with Crippen LogP contribution < -0.4 is 0 Å². The molecule has 5 nitrogen and oxygen atoms in total. The van der Waals surface area contributed by atoms with Crippen LogP contribution in [0.2, 0.25) is 0 Å². The number of rotatable bonds is 6. The number of likely N-dealkylation sites (tertiary alicyclic amines) is 1. The van der Waals surface area contributed by atoms with E-state index in [0.717, 1.165) is 32.1 Å². The Bertz CT molecular complexity index is 586. The van der Waals surface area contributed by atoms with Crippen LogP contribution in [0.5, 0.6) is 0 Å². The lowest BCUT2D eigenvalue weighted by Crippen LogP contribution is -2.49. The molecule has 5 heteroatoms. The van der Waals surface area contributed by atoms with E-state index in [1.165, 1.54) is 12.5 Å². The summed E-state index contributed by atoms with van der Waals surface area (Å²) in [4.78, 5) is 29.6. The van der Waals surface area contributed by atoms with E-state index in [0.29, 0.717) is 42.6 Å². The molecule has 2 amide bonds. The van der Waals surface area contributed by atoms with E-state index in [1.54, 1.807) is 6.07 Å². The first-order valence-corrected chi connectivity index (χ1v) is 9.66. The van der Waals surface area contributed by atoms with Gasteiger partial charge in [-0.25, -0.2) is 0 Å². The van der Waals surface area contributed by atoms with Crippen LogP contribution in [0.25, 0.3) is 0 Å². The van der Waals surface area contributed by atoms with Crippen molar-refractivity contribution in [3.05, 3.63) is 24.2 Å². The molecule has 1 aromatic rings. The van der Waals surface area contributed by atoms with Gasteiger partial charge in [-0.1, -0.05) is 20.3 Å². The van der Waals surface area contributed by atoms with Crippen molar-refractivity contribution in [3.63, 3.8) is 0 Å². The minimum Gasteiger partial charge on any atom is -0.472 e. The Kier molecular flexibility index (Phi) is 5.50. The molecule has 0 unspecified atom stereocenters. The van der Waals surface area contributed by atoms with Crippen LogP contribution >= 0.6 is 0 Å². The highest BCUT2D eigenvalue weighted by Gasteiger charge is 2.40. The van der Waals surface area contributed by atoms with Crippen molar-refractivity contribution in [1.82, 2.24) is 9.80 Å². The standard InChI is InChI=1S/C20H30N2O3/c1-4-14(2)15(3)22(18-5-6-18)20(24)16-7-10-21(11-8-16)19(23)17-9-12-25-13-17/h9,12-16,18H,4-8,10-11H2,1-3H3/t14-,15+/m0/s1. The normalized spacial score (nSPS) is 21.0. The minimum absolute atomic E-state index is 0.00618. The van der Waals surface area contributed by atoms with E-state index < -0.39 is 0 Å². The molecular formula is C20H30N2O3. The maximum Gasteiger partial charge on any atom is 0.257 e. The number of carbonyl (C=O) groups is 2. The average Bonchev–Trinajstić information content (AvgIpc) is 3.32. The van der Waals surface area contributed by atoms with Gasteiger partial charge in [0, 0.05) is 31.1 Å². The highest BCUT2D eigenvalue weighted by Crippen LogP contribution is 2.34. The second-order valence-corrected chi connectivity index (χ2v) is 7.68. The highest BCUT2D eigenvalue weighted by atomic mass is 16.3.